The molecule has 2 aromatic carbocycles. The smallest absolute Gasteiger partial charge is 0.870 e. The number of nitrogens with one attached hydrogen (secondary N) is 3. The van der Waals surface area contributed by atoms with E-state index in [1.165, 1.54) is 10.3 Å². The number of H-pyrrole nitrogens is 3. The van der Waals surface area contributed by atoms with E-state index in [4.69, 9.17) is 41.3 Å². The SMILES string of the molecule is Brc1cnc2[nH]cc(-c3ccoc3)c2c1.Brc1cnc2c(c1)c(-c1ccoc1)cn2OOSc1ccccc1.C.C.C.C.CC(C)[Si](C(C)C)(C(C)C)n1ccc(-c2cnc3c(c2)c(-c2ccoc2)cn3OOSc2ccccc2)c1.CC(C)[Si](C(C)C)(C(C)C)n1ccc(B(O)O)c1.[Na+].[OH-].c1cc(-c2cnc3[nH]cc(-c4ccoc4)c3c2)c[nH]1. The van der Waals surface area contributed by atoms with E-state index in [0.29, 0.717) is 50.0 Å². The Morgan fingerprint density at radius 2 is 0.800 bits per heavy atom. The molecular formula is C90H107BBr2N11NaO11S2Si2. The monoisotopic (exact) mass is 1830 g/mol. The standard InChI is InChI=1S/C30H35N3O3SSi.C17H11BrN2O3S.C15H11N3O.C13H26BNO2Si.C11H7BrN2O.4CH4.Na.H2O/c1-21(2)38(22(3)4,23(5)6)32-14-12-24(18-32)26-16-28-29(25-13-15-34-20-25)19-33(30(28)31-17-26)35-36-37-27-10-8-7-9-11-27;18-13-8-15-16(12-6-7-21-11-12)10-20(17(15)19-9-13)22-23-24-14-4-2-1-3-5-14;1-3-16-6-10(1)12-5-13-14(11-2-4-19-9-11)8-18-15(13)17-7-12;1-10(2)18(11(3)4,12(5)6)15-8-7-13(9-15)14(16)17;12-8-3-9-10(7-1-2-15-6-7)5-14-11(9)13-4-8;;;;;;/h7-23H,1-6H3;1-11H;1-9,16H,(H,17,18);7-12,16-17H,1-6H3;1-6H,(H,13,14);4*1H4;;1H2/q;;;;;;;;;+1;/p-1. The zero-order valence-electron chi connectivity index (χ0n) is 66.6. The maximum atomic E-state index is 9.28. The number of fused-ring (bicyclic) bond motifs is 4. The van der Waals surface area contributed by atoms with Crippen molar-refractivity contribution in [2.24, 2.45) is 0 Å². The van der Waals surface area contributed by atoms with Crippen molar-refractivity contribution in [2.45, 2.75) is 156 Å². The molecule has 0 fully saturated rings. The molecule has 0 radical (unpaired) electrons. The molecule has 0 atom stereocenters. The molecule has 22 nitrogen and oxygen atoms in total. The molecule has 17 aromatic rings. The number of furan rings is 4. The van der Waals surface area contributed by atoms with Crippen LogP contribution in [0.1, 0.15) is 113 Å². The number of hydrogen-bond acceptors (Lipinski definition) is 17. The Balaban J connectivity index is 0.000000213. The summed E-state index contributed by atoms with van der Waals surface area (Å²) in [7, 11) is -4.93. The normalized spacial score (nSPS) is 11.2. The molecule has 15 aromatic heterocycles. The van der Waals surface area contributed by atoms with E-state index in [1.807, 2.05) is 171 Å². The molecule has 0 amide bonds. The third-order valence-electron chi connectivity index (χ3n) is 20.9. The topological polar surface area (TPSA) is 279 Å². The van der Waals surface area contributed by atoms with Gasteiger partial charge < -0.3 is 56.6 Å². The van der Waals surface area contributed by atoms with Crippen molar-refractivity contribution in [3.05, 3.63) is 273 Å². The van der Waals surface area contributed by atoms with Gasteiger partial charge in [0, 0.05) is 163 Å². The molecule has 0 saturated carbocycles. The molecule has 6 N–H and O–H groups in total. The van der Waals surface area contributed by atoms with Crippen molar-refractivity contribution in [1.29, 1.82) is 0 Å². The van der Waals surface area contributed by atoms with Crippen LogP contribution in [0.25, 0.3) is 111 Å². The quantitative estimate of drug-likeness (QED) is 0.0172. The molecule has 15 heterocycles. The van der Waals surface area contributed by atoms with Gasteiger partial charge in [-0.25, -0.2) is 29.9 Å². The van der Waals surface area contributed by atoms with E-state index in [2.05, 4.69) is 184 Å². The Bertz CT molecular complexity index is 5820. The van der Waals surface area contributed by atoms with Crippen LogP contribution in [0.4, 0.5) is 0 Å². The average Bonchev–Trinajstić information content (AvgIpc) is 1.53. The van der Waals surface area contributed by atoms with E-state index in [1.54, 1.807) is 67.2 Å². The first-order chi connectivity index (χ1) is 55.1. The number of nitrogens with zero attached hydrogens (tertiary/aromatic N) is 8. The van der Waals surface area contributed by atoms with E-state index in [9.17, 15) is 10.0 Å². The maximum absolute atomic E-state index is 9.28. The molecule has 120 heavy (non-hydrogen) atoms. The molecule has 0 spiro atoms. The summed E-state index contributed by atoms with van der Waals surface area (Å²) in [6.45, 7) is 28.1. The molecule has 0 aliphatic rings. The molecular weight excluding hydrogens is 1720 g/mol. The number of halogens is 2. The predicted octanol–water partition coefficient (Wildman–Crippen LogP) is 22.9. The van der Waals surface area contributed by atoms with E-state index in [-0.39, 0.29) is 64.7 Å². The summed E-state index contributed by atoms with van der Waals surface area (Å²) in [5.41, 5.74) is 20.0. The second kappa shape index (κ2) is 44.5. The van der Waals surface area contributed by atoms with Gasteiger partial charge in [-0.15, -0.1) is 9.46 Å². The van der Waals surface area contributed by atoms with Crippen LogP contribution in [0.15, 0.2) is 301 Å². The first-order valence-electron chi connectivity index (χ1n) is 37.5. The van der Waals surface area contributed by atoms with Gasteiger partial charge >= 0.3 is 36.7 Å². The Morgan fingerprint density at radius 1 is 0.417 bits per heavy atom. The van der Waals surface area contributed by atoms with Gasteiger partial charge in [-0.05, 0) is 180 Å². The summed E-state index contributed by atoms with van der Waals surface area (Å²) in [6, 6.07) is 41.6. The van der Waals surface area contributed by atoms with Crippen molar-refractivity contribution < 1.29 is 81.4 Å². The molecule has 0 aliphatic heterocycles. The Labute approximate surface area is 752 Å². The number of benzene rings is 2. The zero-order valence-corrected chi connectivity index (χ0v) is 75.4. The van der Waals surface area contributed by atoms with Crippen LogP contribution in [0.3, 0.4) is 0 Å². The van der Waals surface area contributed by atoms with Crippen LogP contribution in [-0.4, -0.2) is 91.9 Å². The summed E-state index contributed by atoms with van der Waals surface area (Å²) >= 11 is 9.15. The van der Waals surface area contributed by atoms with Crippen molar-refractivity contribution in [1.82, 2.24) is 52.8 Å². The van der Waals surface area contributed by atoms with Gasteiger partial charge in [-0.2, -0.15) is 0 Å². The number of rotatable bonds is 23. The van der Waals surface area contributed by atoms with Crippen LogP contribution in [-0.2, 0) is 8.67 Å². The Morgan fingerprint density at radius 3 is 1.23 bits per heavy atom. The number of aromatic amines is 3. The van der Waals surface area contributed by atoms with Gasteiger partial charge in [0.05, 0.1) is 86.6 Å². The fourth-order valence-corrected chi connectivity index (χ4v) is 30.7. The van der Waals surface area contributed by atoms with E-state index >= 15 is 0 Å². The summed E-state index contributed by atoms with van der Waals surface area (Å²) in [5.74, 6) is 0. The Hall–Kier alpha value is -9.28. The van der Waals surface area contributed by atoms with E-state index in [0.717, 1.165) is 137 Å². The maximum Gasteiger partial charge on any atom is 1.00 e. The first-order valence-corrected chi connectivity index (χ1v) is 44.9. The van der Waals surface area contributed by atoms with Gasteiger partial charge in [0.2, 0.25) is 0 Å². The van der Waals surface area contributed by atoms with Crippen LogP contribution in [0, 0.1) is 0 Å². The van der Waals surface area contributed by atoms with Gasteiger partial charge in [-0.1, -0.05) is 158 Å². The largest absolute Gasteiger partial charge is 1.00 e. The minimum absolute atomic E-state index is 0. The third-order valence-corrected chi connectivity index (χ3v) is 36.4. The van der Waals surface area contributed by atoms with Gasteiger partial charge in [-0.3, -0.25) is 0 Å². The number of aromatic nitrogens is 11. The first kappa shape index (κ1) is 97.8. The summed E-state index contributed by atoms with van der Waals surface area (Å²) < 4.78 is 41.3. The van der Waals surface area contributed by atoms with Crippen LogP contribution in [0.5, 0.6) is 0 Å². The molecule has 0 bridgehead atoms. The minimum Gasteiger partial charge on any atom is -0.870 e. The fourth-order valence-electron chi connectivity index (χ4n) is 16.2. The van der Waals surface area contributed by atoms with Gasteiger partial charge in [0.25, 0.3) is 0 Å². The van der Waals surface area contributed by atoms with Gasteiger partial charge in [0.1, 0.15) is 11.3 Å². The second-order valence-corrected chi connectivity index (χ2v) is 44.3. The molecule has 17 rings (SSSR count). The van der Waals surface area contributed by atoms with Crippen molar-refractivity contribution >= 4 is 129 Å². The van der Waals surface area contributed by atoms with Crippen molar-refractivity contribution in [3.63, 3.8) is 0 Å². The fraction of sp³-hybridized carbons (Fsp3) is 0.244. The van der Waals surface area contributed by atoms with Crippen LogP contribution in [0.2, 0.25) is 33.2 Å². The molecule has 0 unspecified atom stereocenters. The summed E-state index contributed by atoms with van der Waals surface area (Å²) in [5, 5.41) is 22.6. The van der Waals surface area contributed by atoms with Crippen molar-refractivity contribution in [2.75, 3.05) is 0 Å². The van der Waals surface area contributed by atoms with Gasteiger partial charge in [0.15, 0.2) is 27.8 Å². The molecule has 0 aliphatic carbocycles. The Kier molecular flexibility index (Phi) is 36.3. The summed E-state index contributed by atoms with van der Waals surface area (Å²) in [4.78, 5) is 40.3. The molecule has 0 saturated heterocycles. The van der Waals surface area contributed by atoms with E-state index < -0.39 is 23.6 Å². The van der Waals surface area contributed by atoms with Crippen LogP contribution < -0.4 is 45.0 Å². The molecule has 626 valence electrons. The zero-order chi connectivity index (χ0) is 80.2. The predicted molar refractivity (Wildman–Crippen MR) is 497 cm³/mol. The molecule has 30 heteroatoms. The number of hydrogen-bond donors (Lipinski definition) is 5. The minimum atomic E-state index is -1.82. The van der Waals surface area contributed by atoms with Crippen LogP contribution >= 0.6 is 55.9 Å². The summed E-state index contributed by atoms with van der Waals surface area (Å²) in [6.07, 6.45) is 40.9. The number of pyridine rings is 4. The second-order valence-electron chi connectivity index (χ2n) is 29.4. The average molecular weight is 1830 g/mol. The third kappa shape index (κ3) is 21.6. The van der Waals surface area contributed by atoms with Crippen molar-refractivity contribution in [3.8, 4) is 66.8 Å².